The highest BCUT2D eigenvalue weighted by atomic mass is 32.1. The second-order valence-electron chi connectivity index (χ2n) is 6.12. The van der Waals surface area contributed by atoms with E-state index in [4.69, 9.17) is 5.73 Å². The maximum atomic E-state index is 6.01. The van der Waals surface area contributed by atoms with Gasteiger partial charge < -0.3 is 5.73 Å². The van der Waals surface area contributed by atoms with E-state index < -0.39 is 0 Å². The quantitative estimate of drug-likeness (QED) is 0.574. The average molecular weight is 228 g/mol. The summed E-state index contributed by atoms with van der Waals surface area (Å²) in [6, 6.07) is 0. The fourth-order valence-corrected chi connectivity index (χ4v) is 2.51. The van der Waals surface area contributed by atoms with Crippen molar-refractivity contribution < 1.29 is 0 Å². The van der Waals surface area contributed by atoms with Gasteiger partial charge in [-0.2, -0.15) is 0 Å². The smallest absolute Gasteiger partial charge is 0.0261 e. The molecule has 1 saturated heterocycles. The Kier molecular flexibility index (Phi) is 3.59. The molecule has 1 aliphatic rings. The normalized spacial score (nSPS) is 26.9. The van der Waals surface area contributed by atoms with Gasteiger partial charge in [0.15, 0.2) is 0 Å². The van der Waals surface area contributed by atoms with E-state index in [1.54, 1.807) is 0 Å². The molecule has 1 atom stereocenters. The zero-order valence-electron chi connectivity index (χ0n) is 10.4. The SMILES string of the molecule is C=C(CC(C)(C)N)C1CN(S)C(C)(C)C1. The molecule has 0 amide bonds. The Hall–Kier alpha value is 0.0100. The largest absolute Gasteiger partial charge is 0.325 e. The molecule has 1 heterocycles. The van der Waals surface area contributed by atoms with Crippen molar-refractivity contribution in [1.29, 1.82) is 0 Å². The van der Waals surface area contributed by atoms with Crippen molar-refractivity contribution in [3.63, 3.8) is 0 Å². The van der Waals surface area contributed by atoms with Crippen LogP contribution in [0.5, 0.6) is 0 Å². The van der Waals surface area contributed by atoms with Crippen LogP contribution in [0.2, 0.25) is 0 Å². The van der Waals surface area contributed by atoms with Gasteiger partial charge in [-0.05, 0) is 46.5 Å². The van der Waals surface area contributed by atoms with Gasteiger partial charge in [0, 0.05) is 17.6 Å². The molecule has 0 aromatic rings. The van der Waals surface area contributed by atoms with E-state index in [1.165, 1.54) is 5.57 Å². The molecule has 0 saturated carbocycles. The van der Waals surface area contributed by atoms with Gasteiger partial charge in [-0.15, -0.1) is 0 Å². The molecule has 1 rings (SSSR count). The van der Waals surface area contributed by atoms with Crippen LogP contribution in [0.4, 0.5) is 0 Å². The third-order valence-electron chi connectivity index (χ3n) is 3.10. The molecule has 0 bridgehead atoms. The minimum atomic E-state index is -0.148. The lowest BCUT2D eigenvalue weighted by molar-refractivity contribution is 0.323. The van der Waals surface area contributed by atoms with E-state index in [0.717, 1.165) is 19.4 Å². The number of hydrogen-bond acceptors (Lipinski definition) is 3. The Morgan fingerprint density at radius 1 is 1.60 bits per heavy atom. The third-order valence-corrected chi connectivity index (χ3v) is 3.80. The van der Waals surface area contributed by atoms with Gasteiger partial charge in [0.1, 0.15) is 0 Å². The summed E-state index contributed by atoms with van der Waals surface area (Å²) in [5, 5.41) is 0. The summed E-state index contributed by atoms with van der Waals surface area (Å²) in [4.78, 5) is 0. The van der Waals surface area contributed by atoms with Crippen LogP contribution in [0, 0.1) is 5.92 Å². The second kappa shape index (κ2) is 4.11. The summed E-state index contributed by atoms with van der Waals surface area (Å²) in [5.74, 6) is 0.542. The highest BCUT2D eigenvalue weighted by Gasteiger charge is 2.38. The summed E-state index contributed by atoms with van der Waals surface area (Å²) in [6.07, 6.45) is 2.03. The van der Waals surface area contributed by atoms with Crippen molar-refractivity contribution in [2.24, 2.45) is 11.7 Å². The topological polar surface area (TPSA) is 29.3 Å². The summed E-state index contributed by atoms with van der Waals surface area (Å²) < 4.78 is 2.12. The van der Waals surface area contributed by atoms with Gasteiger partial charge in [0.25, 0.3) is 0 Å². The Bertz CT molecular complexity index is 253. The number of rotatable bonds is 3. The molecule has 3 heteroatoms. The number of hydrogen-bond donors (Lipinski definition) is 2. The summed E-state index contributed by atoms with van der Waals surface area (Å²) in [5.41, 5.74) is 7.31. The zero-order valence-corrected chi connectivity index (χ0v) is 11.3. The molecule has 2 nitrogen and oxygen atoms in total. The lowest BCUT2D eigenvalue weighted by Crippen LogP contribution is -2.33. The van der Waals surface area contributed by atoms with Crippen molar-refractivity contribution >= 4 is 12.8 Å². The van der Waals surface area contributed by atoms with E-state index in [1.807, 2.05) is 0 Å². The molecule has 0 aromatic carbocycles. The fourth-order valence-electron chi connectivity index (χ4n) is 2.23. The molecule has 0 aliphatic carbocycles. The van der Waals surface area contributed by atoms with Gasteiger partial charge in [0.2, 0.25) is 0 Å². The molecule has 1 fully saturated rings. The highest BCUT2D eigenvalue weighted by molar-refractivity contribution is 7.77. The monoisotopic (exact) mass is 228 g/mol. The number of thiol groups is 1. The first kappa shape index (κ1) is 13.1. The first-order valence-electron chi connectivity index (χ1n) is 5.55. The number of nitrogens with zero attached hydrogens (tertiary/aromatic N) is 1. The van der Waals surface area contributed by atoms with Crippen molar-refractivity contribution in [3.8, 4) is 0 Å². The van der Waals surface area contributed by atoms with Crippen LogP contribution >= 0.6 is 12.8 Å². The molecule has 15 heavy (non-hydrogen) atoms. The lowest BCUT2D eigenvalue weighted by Gasteiger charge is -2.25. The Morgan fingerprint density at radius 3 is 2.47 bits per heavy atom. The predicted octanol–water partition coefficient (Wildman–Crippen LogP) is 2.62. The van der Waals surface area contributed by atoms with Crippen LogP contribution < -0.4 is 5.73 Å². The molecule has 1 aliphatic heterocycles. The Morgan fingerprint density at radius 2 is 2.13 bits per heavy atom. The molecule has 0 radical (unpaired) electrons. The van der Waals surface area contributed by atoms with Gasteiger partial charge >= 0.3 is 0 Å². The van der Waals surface area contributed by atoms with Crippen LogP contribution in [-0.4, -0.2) is 21.9 Å². The first-order valence-corrected chi connectivity index (χ1v) is 5.95. The van der Waals surface area contributed by atoms with Crippen LogP contribution in [0.1, 0.15) is 40.5 Å². The van der Waals surface area contributed by atoms with E-state index in [2.05, 4.69) is 51.4 Å². The van der Waals surface area contributed by atoms with Gasteiger partial charge in [-0.1, -0.05) is 25.0 Å². The molecule has 0 spiro atoms. The van der Waals surface area contributed by atoms with Crippen LogP contribution in [0.25, 0.3) is 0 Å². The standard InChI is InChI=1S/C12H24N2S/c1-9(6-11(2,3)13)10-7-12(4,5)14(15)8-10/h10,15H,1,6-8,13H2,2-5H3. The first-order chi connectivity index (χ1) is 6.62. The molecule has 0 aromatic heterocycles. The highest BCUT2D eigenvalue weighted by Crippen LogP contribution is 2.38. The van der Waals surface area contributed by atoms with Crippen LogP contribution in [-0.2, 0) is 0 Å². The molecule has 88 valence electrons. The Labute approximate surface area is 99.4 Å². The molecule has 2 N–H and O–H groups in total. The maximum Gasteiger partial charge on any atom is 0.0261 e. The van der Waals surface area contributed by atoms with Crippen molar-refractivity contribution in [1.82, 2.24) is 4.31 Å². The predicted molar refractivity (Wildman–Crippen MR) is 69.9 cm³/mol. The number of nitrogens with two attached hydrogens (primary N) is 1. The van der Waals surface area contributed by atoms with Crippen LogP contribution in [0.15, 0.2) is 12.2 Å². The van der Waals surface area contributed by atoms with E-state index in [0.29, 0.717) is 5.92 Å². The second-order valence-corrected chi connectivity index (χ2v) is 6.60. The average Bonchev–Trinajstić information content (AvgIpc) is 2.23. The summed E-state index contributed by atoms with van der Waals surface area (Å²) in [7, 11) is 0. The zero-order chi connectivity index (χ0) is 11.9. The van der Waals surface area contributed by atoms with Gasteiger partial charge in [-0.25, -0.2) is 4.31 Å². The van der Waals surface area contributed by atoms with E-state index in [-0.39, 0.29) is 11.1 Å². The maximum absolute atomic E-state index is 6.01. The molecular weight excluding hydrogens is 204 g/mol. The summed E-state index contributed by atoms with van der Waals surface area (Å²) >= 11 is 4.50. The van der Waals surface area contributed by atoms with E-state index >= 15 is 0 Å². The van der Waals surface area contributed by atoms with Crippen molar-refractivity contribution in [2.75, 3.05) is 6.54 Å². The minimum absolute atomic E-state index is 0.148. The van der Waals surface area contributed by atoms with Crippen molar-refractivity contribution in [2.45, 2.75) is 51.6 Å². The summed E-state index contributed by atoms with van der Waals surface area (Å²) in [6.45, 7) is 13.7. The lowest BCUT2D eigenvalue weighted by atomic mass is 9.85. The third kappa shape index (κ3) is 3.51. The van der Waals surface area contributed by atoms with Gasteiger partial charge in [-0.3, -0.25) is 0 Å². The molecule has 1 unspecified atom stereocenters. The minimum Gasteiger partial charge on any atom is -0.325 e. The van der Waals surface area contributed by atoms with Crippen LogP contribution in [0.3, 0.4) is 0 Å². The van der Waals surface area contributed by atoms with Gasteiger partial charge in [0.05, 0.1) is 0 Å². The van der Waals surface area contributed by atoms with E-state index in [9.17, 15) is 0 Å². The van der Waals surface area contributed by atoms with Crippen molar-refractivity contribution in [3.05, 3.63) is 12.2 Å². The fraction of sp³-hybridized carbons (Fsp3) is 0.833. The molecular formula is C12H24N2S. The Balaban J connectivity index is 2.58.